The highest BCUT2D eigenvalue weighted by molar-refractivity contribution is 7.89. The molecule has 0 bridgehead atoms. The van der Waals surface area contributed by atoms with Crippen LogP contribution in [0.3, 0.4) is 0 Å². The van der Waals surface area contributed by atoms with Crippen LogP contribution in [0.1, 0.15) is 26.3 Å². The lowest BCUT2D eigenvalue weighted by molar-refractivity contribution is -0.154. The summed E-state index contributed by atoms with van der Waals surface area (Å²) in [6, 6.07) is 11.8. The summed E-state index contributed by atoms with van der Waals surface area (Å²) < 4.78 is 37.2. The molecule has 162 valence electrons. The number of amides is 1. The largest absolute Gasteiger partial charge is 0.497 e. The molecule has 0 aliphatic rings. The van der Waals surface area contributed by atoms with E-state index in [0.29, 0.717) is 11.4 Å². The van der Waals surface area contributed by atoms with E-state index in [1.54, 1.807) is 12.1 Å². The maximum Gasteiger partial charge on any atom is 0.324 e. The average Bonchev–Trinajstić information content (AvgIpc) is 2.73. The first kappa shape index (κ1) is 23.4. The summed E-state index contributed by atoms with van der Waals surface area (Å²) in [5, 5.41) is 2.66. The minimum Gasteiger partial charge on any atom is -0.497 e. The molecule has 0 saturated heterocycles. The Balaban J connectivity index is 1.93. The Morgan fingerprint density at radius 3 is 2.13 bits per heavy atom. The second-order valence-electron chi connectivity index (χ2n) is 6.64. The lowest BCUT2D eigenvalue weighted by Gasteiger charge is -2.18. The third-order valence-electron chi connectivity index (χ3n) is 4.35. The van der Waals surface area contributed by atoms with E-state index in [9.17, 15) is 18.0 Å². The van der Waals surface area contributed by atoms with Gasteiger partial charge in [0.1, 0.15) is 11.8 Å². The van der Waals surface area contributed by atoms with Gasteiger partial charge >= 0.3 is 5.97 Å². The summed E-state index contributed by atoms with van der Waals surface area (Å²) in [7, 11) is -2.48. The molecule has 0 spiro atoms. The fourth-order valence-corrected chi connectivity index (χ4v) is 3.69. The van der Waals surface area contributed by atoms with Crippen molar-refractivity contribution in [3.05, 3.63) is 54.1 Å². The number of nitrogens with one attached hydrogen (secondary N) is 2. The maximum absolute atomic E-state index is 12.4. The first-order valence-electron chi connectivity index (χ1n) is 9.43. The zero-order valence-electron chi connectivity index (χ0n) is 17.3. The predicted octanol–water partition coefficient (Wildman–Crippen LogP) is 2.49. The van der Waals surface area contributed by atoms with Crippen LogP contribution in [0.25, 0.3) is 0 Å². The van der Waals surface area contributed by atoms with Gasteiger partial charge in [-0.05, 0) is 62.2 Å². The van der Waals surface area contributed by atoms with Gasteiger partial charge < -0.3 is 14.8 Å². The molecule has 2 atom stereocenters. The number of rotatable bonds is 9. The van der Waals surface area contributed by atoms with E-state index in [-0.39, 0.29) is 4.90 Å². The standard InChI is InChI=1S/C21H26N2O6S/c1-5-16-6-8-17(9-7-16)22-20(24)15(3)29-21(25)14(2)23-30(26,27)19-12-10-18(28-4)11-13-19/h6-15,23H,5H2,1-4H3,(H,22,24). The van der Waals surface area contributed by atoms with E-state index in [4.69, 9.17) is 9.47 Å². The van der Waals surface area contributed by atoms with Crippen LogP contribution in [0.5, 0.6) is 5.75 Å². The molecule has 9 heteroatoms. The predicted molar refractivity (Wildman–Crippen MR) is 113 cm³/mol. The second kappa shape index (κ2) is 10.2. The van der Waals surface area contributed by atoms with Crippen molar-refractivity contribution in [1.82, 2.24) is 4.72 Å². The summed E-state index contributed by atoms with van der Waals surface area (Å²) in [5.41, 5.74) is 1.71. The number of ether oxygens (including phenoxy) is 2. The van der Waals surface area contributed by atoms with Gasteiger partial charge in [0.25, 0.3) is 5.91 Å². The lowest BCUT2D eigenvalue weighted by Crippen LogP contribution is -2.42. The zero-order chi connectivity index (χ0) is 22.3. The quantitative estimate of drug-likeness (QED) is 0.587. The number of esters is 1. The molecule has 0 radical (unpaired) electrons. The van der Waals surface area contributed by atoms with Crippen LogP contribution >= 0.6 is 0 Å². The number of hydrogen-bond donors (Lipinski definition) is 2. The van der Waals surface area contributed by atoms with Gasteiger partial charge in [0, 0.05) is 5.69 Å². The first-order valence-corrected chi connectivity index (χ1v) is 10.9. The van der Waals surface area contributed by atoms with E-state index in [1.807, 2.05) is 19.1 Å². The number of carbonyl (C=O) groups is 2. The second-order valence-corrected chi connectivity index (χ2v) is 8.35. The molecular weight excluding hydrogens is 408 g/mol. The number of hydrogen-bond acceptors (Lipinski definition) is 6. The van der Waals surface area contributed by atoms with E-state index < -0.39 is 34.0 Å². The van der Waals surface area contributed by atoms with Gasteiger partial charge in [-0.15, -0.1) is 0 Å². The number of benzene rings is 2. The fourth-order valence-electron chi connectivity index (χ4n) is 2.50. The Bertz CT molecular complexity index is 972. The molecule has 0 fully saturated rings. The Morgan fingerprint density at radius 2 is 1.60 bits per heavy atom. The SMILES string of the molecule is CCc1ccc(NC(=O)C(C)OC(=O)C(C)NS(=O)(=O)c2ccc(OC)cc2)cc1. The number of anilines is 1. The highest BCUT2D eigenvalue weighted by Crippen LogP contribution is 2.16. The van der Waals surface area contributed by atoms with Gasteiger partial charge in [0.2, 0.25) is 10.0 Å². The van der Waals surface area contributed by atoms with Crippen LogP contribution in [0.4, 0.5) is 5.69 Å². The lowest BCUT2D eigenvalue weighted by atomic mass is 10.1. The molecule has 2 aromatic rings. The minimum atomic E-state index is -3.95. The summed E-state index contributed by atoms with van der Waals surface area (Å²) in [6.07, 6.45) is -0.219. The topological polar surface area (TPSA) is 111 Å². The number of sulfonamides is 1. The number of aryl methyl sites for hydroxylation is 1. The van der Waals surface area contributed by atoms with Crippen molar-refractivity contribution < 1.29 is 27.5 Å². The molecule has 0 aliphatic heterocycles. The van der Waals surface area contributed by atoms with Crippen molar-refractivity contribution in [2.24, 2.45) is 0 Å². The Hall–Kier alpha value is -2.91. The van der Waals surface area contributed by atoms with Gasteiger partial charge in [0.15, 0.2) is 6.10 Å². The summed E-state index contributed by atoms with van der Waals surface area (Å²) in [4.78, 5) is 24.5. The molecule has 2 rings (SSSR count). The zero-order valence-corrected chi connectivity index (χ0v) is 18.2. The molecule has 1 amide bonds. The smallest absolute Gasteiger partial charge is 0.324 e. The van der Waals surface area contributed by atoms with Crippen molar-refractivity contribution in [3.8, 4) is 5.75 Å². The Labute approximate surface area is 176 Å². The molecule has 8 nitrogen and oxygen atoms in total. The van der Waals surface area contributed by atoms with Crippen LogP contribution in [0.2, 0.25) is 0 Å². The molecule has 2 unspecified atom stereocenters. The van der Waals surface area contributed by atoms with Crippen molar-refractivity contribution in [2.45, 2.75) is 44.2 Å². The minimum absolute atomic E-state index is 0.0238. The van der Waals surface area contributed by atoms with Gasteiger partial charge in [-0.25, -0.2) is 8.42 Å². The van der Waals surface area contributed by atoms with E-state index in [0.717, 1.165) is 12.0 Å². The van der Waals surface area contributed by atoms with Crippen LogP contribution < -0.4 is 14.8 Å². The molecular formula is C21H26N2O6S. The van der Waals surface area contributed by atoms with E-state index in [1.165, 1.54) is 45.2 Å². The van der Waals surface area contributed by atoms with Crippen LogP contribution in [0, 0.1) is 0 Å². The molecule has 0 saturated carbocycles. The van der Waals surface area contributed by atoms with Crippen molar-refractivity contribution >= 4 is 27.6 Å². The summed E-state index contributed by atoms with van der Waals surface area (Å²) in [6.45, 7) is 4.79. The van der Waals surface area contributed by atoms with Gasteiger partial charge in [0.05, 0.1) is 12.0 Å². The van der Waals surface area contributed by atoms with Crippen LogP contribution in [0.15, 0.2) is 53.4 Å². The summed E-state index contributed by atoms with van der Waals surface area (Å²) in [5.74, 6) is -0.876. The molecule has 2 aromatic carbocycles. The molecule has 2 N–H and O–H groups in total. The van der Waals surface area contributed by atoms with Crippen LogP contribution in [-0.4, -0.2) is 39.5 Å². The van der Waals surface area contributed by atoms with Crippen molar-refractivity contribution in [1.29, 1.82) is 0 Å². The third-order valence-corrected chi connectivity index (χ3v) is 5.90. The van der Waals surface area contributed by atoms with Gasteiger partial charge in [-0.3, -0.25) is 9.59 Å². The highest BCUT2D eigenvalue weighted by atomic mass is 32.2. The molecule has 30 heavy (non-hydrogen) atoms. The third kappa shape index (κ3) is 6.30. The fraction of sp³-hybridized carbons (Fsp3) is 0.333. The van der Waals surface area contributed by atoms with Crippen LogP contribution in [-0.2, 0) is 30.8 Å². The van der Waals surface area contributed by atoms with Crippen molar-refractivity contribution in [2.75, 3.05) is 12.4 Å². The van der Waals surface area contributed by atoms with E-state index in [2.05, 4.69) is 10.0 Å². The van der Waals surface area contributed by atoms with Crippen molar-refractivity contribution in [3.63, 3.8) is 0 Å². The molecule has 0 aromatic heterocycles. The molecule has 0 aliphatic carbocycles. The normalized spacial score (nSPS) is 13.2. The highest BCUT2D eigenvalue weighted by Gasteiger charge is 2.26. The maximum atomic E-state index is 12.4. The first-order chi connectivity index (χ1) is 14.2. The van der Waals surface area contributed by atoms with E-state index >= 15 is 0 Å². The number of methoxy groups -OCH3 is 1. The summed E-state index contributed by atoms with van der Waals surface area (Å²) >= 11 is 0. The average molecular weight is 435 g/mol. The monoisotopic (exact) mass is 434 g/mol. The molecule has 0 heterocycles. The number of carbonyl (C=O) groups excluding carboxylic acids is 2. The Morgan fingerprint density at radius 1 is 1.00 bits per heavy atom. The van der Waals surface area contributed by atoms with Gasteiger partial charge in [-0.1, -0.05) is 19.1 Å². The Kier molecular flexibility index (Phi) is 7.96. The van der Waals surface area contributed by atoms with Gasteiger partial charge in [-0.2, -0.15) is 4.72 Å².